The minimum atomic E-state index is -0.145. The summed E-state index contributed by atoms with van der Waals surface area (Å²) in [6.45, 7) is 0.332. The van der Waals surface area contributed by atoms with Gasteiger partial charge in [0, 0.05) is 5.41 Å². The molecule has 0 aromatic carbocycles. The van der Waals surface area contributed by atoms with Gasteiger partial charge in [-0.1, -0.05) is 12.8 Å². The number of rotatable bonds is 2. The highest BCUT2D eigenvalue weighted by molar-refractivity contribution is 4.94. The van der Waals surface area contributed by atoms with Gasteiger partial charge in [-0.15, -0.1) is 0 Å². The first kappa shape index (κ1) is 10.4. The van der Waals surface area contributed by atoms with Crippen molar-refractivity contribution in [2.24, 2.45) is 10.8 Å². The van der Waals surface area contributed by atoms with Gasteiger partial charge in [-0.05, 0) is 43.9 Å². The summed E-state index contributed by atoms with van der Waals surface area (Å²) in [7, 11) is 0. The molecule has 0 saturated heterocycles. The lowest BCUT2D eigenvalue weighted by molar-refractivity contribution is -0.0125. The zero-order valence-electron chi connectivity index (χ0n) is 8.97. The average molecular weight is 198 g/mol. The molecule has 0 bridgehead atoms. The first-order chi connectivity index (χ1) is 6.74. The second-order valence-corrected chi connectivity index (χ2v) is 5.52. The van der Waals surface area contributed by atoms with Crippen LogP contribution in [0.1, 0.15) is 51.4 Å². The standard InChI is InChI=1S/C12H22O2/c13-9-12(10-14)7-5-11(6-8-12)3-1-2-4-11/h13-14H,1-10H2. The summed E-state index contributed by atoms with van der Waals surface area (Å²) in [6, 6.07) is 0. The quantitative estimate of drug-likeness (QED) is 0.713. The van der Waals surface area contributed by atoms with E-state index in [9.17, 15) is 10.2 Å². The number of hydrogen-bond donors (Lipinski definition) is 2. The van der Waals surface area contributed by atoms with Gasteiger partial charge in [-0.2, -0.15) is 0 Å². The molecular weight excluding hydrogens is 176 g/mol. The topological polar surface area (TPSA) is 40.5 Å². The smallest absolute Gasteiger partial charge is 0.0509 e. The van der Waals surface area contributed by atoms with Crippen LogP contribution in [0.2, 0.25) is 0 Å². The molecule has 2 rings (SSSR count). The van der Waals surface area contributed by atoms with Gasteiger partial charge in [0.2, 0.25) is 0 Å². The number of hydrogen-bond acceptors (Lipinski definition) is 2. The van der Waals surface area contributed by atoms with E-state index in [1.54, 1.807) is 0 Å². The van der Waals surface area contributed by atoms with Crippen molar-refractivity contribution in [3.8, 4) is 0 Å². The van der Waals surface area contributed by atoms with Crippen molar-refractivity contribution in [1.29, 1.82) is 0 Å². The molecule has 0 aromatic rings. The Labute approximate surface area is 86.3 Å². The zero-order valence-corrected chi connectivity index (χ0v) is 8.97. The Kier molecular flexibility index (Phi) is 2.85. The lowest BCUT2D eigenvalue weighted by Crippen LogP contribution is -2.38. The molecule has 2 saturated carbocycles. The van der Waals surface area contributed by atoms with Crippen molar-refractivity contribution >= 4 is 0 Å². The highest BCUT2D eigenvalue weighted by atomic mass is 16.3. The third-order valence-electron chi connectivity index (χ3n) is 4.71. The summed E-state index contributed by atoms with van der Waals surface area (Å²) in [5.41, 5.74) is 0.460. The van der Waals surface area contributed by atoms with Crippen molar-refractivity contribution in [2.75, 3.05) is 13.2 Å². The van der Waals surface area contributed by atoms with Gasteiger partial charge < -0.3 is 10.2 Å². The molecule has 0 amide bonds. The predicted molar refractivity (Wildman–Crippen MR) is 56.0 cm³/mol. The normalized spacial score (nSPS) is 29.6. The van der Waals surface area contributed by atoms with Crippen molar-refractivity contribution < 1.29 is 10.2 Å². The van der Waals surface area contributed by atoms with Crippen LogP contribution in [0.25, 0.3) is 0 Å². The molecular formula is C12H22O2. The molecule has 2 fully saturated rings. The fraction of sp³-hybridized carbons (Fsp3) is 1.00. The summed E-state index contributed by atoms with van der Waals surface area (Å²) in [6.07, 6.45) is 10.1. The van der Waals surface area contributed by atoms with Gasteiger partial charge in [-0.3, -0.25) is 0 Å². The van der Waals surface area contributed by atoms with E-state index in [1.807, 2.05) is 0 Å². The van der Waals surface area contributed by atoms with Crippen molar-refractivity contribution in [1.82, 2.24) is 0 Å². The molecule has 2 N–H and O–H groups in total. The second kappa shape index (κ2) is 3.82. The van der Waals surface area contributed by atoms with Crippen LogP contribution in [0.5, 0.6) is 0 Å². The van der Waals surface area contributed by atoms with Gasteiger partial charge in [0.05, 0.1) is 13.2 Å². The molecule has 0 atom stereocenters. The van der Waals surface area contributed by atoms with Crippen LogP contribution in [0.3, 0.4) is 0 Å². The van der Waals surface area contributed by atoms with Crippen LogP contribution >= 0.6 is 0 Å². The van der Waals surface area contributed by atoms with Gasteiger partial charge in [0.25, 0.3) is 0 Å². The van der Waals surface area contributed by atoms with E-state index in [0.29, 0.717) is 5.41 Å². The van der Waals surface area contributed by atoms with Crippen LogP contribution < -0.4 is 0 Å². The molecule has 1 spiro atoms. The molecule has 2 heteroatoms. The van der Waals surface area contributed by atoms with Crippen molar-refractivity contribution in [3.05, 3.63) is 0 Å². The van der Waals surface area contributed by atoms with Crippen LogP contribution in [0.15, 0.2) is 0 Å². The minimum Gasteiger partial charge on any atom is -0.396 e. The molecule has 0 heterocycles. The fourth-order valence-electron chi connectivity index (χ4n) is 3.30. The lowest BCUT2D eigenvalue weighted by Gasteiger charge is -2.43. The molecule has 0 aromatic heterocycles. The third-order valence-corrected chi connectivity index (χ3v) is 4.71. The summed E-state index contributed by atoms with van der Waals surface area (Å²) < 4.78 is 0. The Morgan fingerprint density at radius 2 is 1.21 bits per heavy atom. The second-order valence-electron chi connectivity index (χ2n) is 5.52. The molecule has 2 aliphatic carbocycles. The van der Waals surface area contributed by atoms with Gasteiger partial charge in [-0.25, -0.2) is 0 Å². The Balaban J connectivity index is 1.96. The highest BCUT2D eigenvalue weighted by Gasteiger charge is 2.43. The molecule has 2 aliphatic rings. The third kappa shape index (κ3) is 1.70. The van der Waals surface area contributed by atoms with Gasteiger partial charge in [0.1, 0.15) is 0 Å². The molecule has 0 radical (unpaired) electrons. The Bertz CT molecular complexity index is 172. The van der Waals surface area contributed by atoms with Crippen LogP contribution in [-0.4, -0.2) is 23.4 Å². The van der Waals surface area contributed by atoms with Crippen molar-refractivity contribution in [3.63, 3.8) is 0 Å². The minimum absolute atomic E-state index is 0.145. The van der Waals surface area contributed by atoms with Gasteiger partial charge in [0.15, 0.2) is 0 Å². The molecule has 0 aliphatic heterocycles. The van der Waals surface area contributed by atoms with E-state index in [1.165, 1.54) is 38.5 Å². The molecule has 0 unspecified atom stereocenters. The average Bonchev–Trinajstić information content (AvgIpc) is 2.69. The van der Waals surface area contributed by atoms with Crippen LogP contribution in [-0.2, 0) is 0 Å². The molecule has 82 valence electrons. The van der Waals surface area contributed by atoms with E-state index in [-0.39, 0.29) is 18.6 Å². The van der Waals surface area contributed by atoms with E-state index in [2.05, 4.69) is 0 Å². The predicted octanol–water partition coefficient (Wildman–Crippen LogP) is 2.09. The monoisotopic (exact) mass is 198 g/mol. The van der Waals surface area contributed by atoms with Gasteiger partial charge >= 0.3 is 0 Å². The van der Waals surface area contributed by atoms with E-state index in [4.69, 9.17) is 0 Å². The maximum absolute atomic E-state index is 9.31. The maximum atomic E-state index is 9.31. The maximum Gasteiger partial charge on any atom is 0.0509 e. The Morgan fingerprint density at radius 3 is 1.64 bits per heavy atom. The number of aliphatic hydroxyl groups is 2. The Hall–Kier alpha value is -0.0800. The van der Waals surface area contributed by atoms with Crippen LogP contribution in [0.4, 0.5) is 0 Å². The summed E-state index contributed by atoms with van der Waals surface area (Å²) >= 11 is 0. The first-order valence-corrected chi connectivity index (χ1v) is 5.96. The summed E-state index contributed by atoms with van der Waals surface area (Å²) in [5.74, 6) is 0. The largest absolute Gasteiger partial charge is 0.396 e. The Morgan fingerprint density at radius 1 is 0.714 bits per heavy atom. The van der Waals surface area contributed by atoms with E-state index >= 15 is 0 Å². The fourth-order valence-corrected chi connectivity index (χ4v) is 3.30. The highest BCUT2D eigenvalue weighted by Crippen LogP contribution is 2.53. The SMILES string of the molecule is OCC1(CO)CCC2(CCCC2)CC1. The zero-order chi connectivity index (χ0) is 10.1. The lowest BCUT2D eigenvalue weighted by atomic mass is 9.63. The molecule has 14 heavy (non-hydrogen) atoms. The van der Waals surface area contributed by atoms with E-state index < -0.39 is 0 Å². The van der Waals surface area contributed by atoms with E-state index in [0.717, 1.165) is 12.8 Å². The summed E-state index contributed by atoms with van der Waals surface area (Å²) in [5, 5.41) is 18.6. The first-order valence-electron chi connectivity index (χ1n) is 5.96. The number of aliphatic hydroxyl groups excluding tert-OH is 2. The van der Waals surface area contributed by atoms with Crippen LogP contribution in [0, 0.1) is 10.8 Å². The van der Waals surface area contributed by atoms with Crippen molar-refractivity contribution in [2.45, 2.75) is 51.4 Å². The summed E-state index contributed by atoms with van der Waals surface area (Å²) in [4.78, 5) is 0. The molecule has 2 nitrogen and oxygen atoms in total.